The predicted molar refractivity (Wildman–Crippen MR) is 80.6 cm³/mol. The number of carbonyl (C=O) groups is 1. The van der Waals surface area contributed by atoms with E-state index in [2.05, 4.69) is 19.2 Å². The fraction of sp³-hybridized carbons (Fsp3) is 0.667. The maximum Gasteiger partial charge on any atom is 0.262 e. The van der Waals surface area contributed by atoms with E-state index in [1.165, 1.54) is 17.8 Å². The molecule has 2 unspecified atom stereocenters. The van der Waals surface area contributed by atoms with E-state index in [9.17, 15) is 4.79 Å². The van der Waals surface area contributed by atoms with Crippen molar-refractivity contribution < 1.29 is 4.79 Å². The lowest BCUT2D eigenvalue weighted by Crippen LogP contribution is -2.59. The summed E-state index contributed by atoms with van der Waals surface area (Å²) in [7, 11) is 0. The number of hydrogen-bond acceptors (Lipinski definition) is 3. The van der Waals surface area contributed by atoms with Gasteiger partial charge in [-0.05, 0) is 42.2 Å². The largest absolute Gasteiger partial charge is 0.344 e. The molecule has 3 N–H and O–H groups in total. The third-order valence-corrected chi connectivity index (χ3v) is 5.47. The van der Waals surface area contributed by atoms with Gasteiger partial charge < -0.3 is 11.1 Å². The Hall–Kier alpha value is -0.870. The molecule has 1 heterocycles. The molecule has 0 bridgehead atoms. The van der Waals surface area contributed by atoms with Crippen molar-refractivity contribution in [3.63, 3.8) is 0 Å². The van der Waals surface area contributed by atoms with E-state index in [0.29, 0.717) is 12.5 Å². The molecule has 1 aromatic heterocycles. The number of rotatable bonds is 4. The van der Waals surface area contributed by atoms with Crippen LogP contribution in [-0.4, -0.2) is 18.0 Å². The molecule has 2 atom stereocenters. The van der Waals surface area contributed by atoms with Gasteiger partial charge in [-0.3, -0.25) is 4.79 Å². The first-order chi connectivity index (χ1) is 9.13. The van der Waals surface area contributed by atoms with Crippen molar-refractivity contribution in [2.75, 3.05) is 6.54 Å². The molecular weight excluding hydrogens is 256 g/mol. The first kappa shape index (κ1) is 14.5. The Balaban J connectivity index is 2.16. The van der Waals surface area contributed by atoms with E-state index in [0.717, 1.165) is 36.1 Å². The Morgan fingerprint density at radius 3 is 3.00 bits per heavy atom. The van der Waals surface area contributed by atoms with Crippen LogP contribution in [0.25, 0.3) is 0 Å². The maximum absolute atomic E-state index is 12.5. The molecule has 106 valence electrons. The van der Waals surface area contributed by atoms with Crippen LogP contribution in [0.3, 0.4) is 0 Å². The zero-order valence-corrected chi connectivity index (χ0v) is 12.7. The molecule has 1 aliphatic carbocycles. The molecule has 0 aliphatic heterocycles. The summed E-state index contributed by atoms with van der Waals surface area (Å²) in [5.41, 5.74) is 6.92. The number of amides is 1. The molecular formula is C15H24N2OS. The molecule has 1 aliphatic rings. The zero-order valence-electron chi connectivity index (χ0n) is 11.9. The molecule has 0 aromatic carbocycles. The summed E-state index contributed by atoms with van der Waals surface area (Å²) in [5.74, 6) is 0.520. The van der Waals surface area contributed by atoms with Crippen LogP contribution >= 0.6 is 11.3 Å². The molecule has 1 fully saturated rings. The second-order valence-electron chi connectivity index (χ2n) is 5.59. The first-order valence-corrected chi connectivity index (χ1v) is 8.10. The highest BCUT2D eigenvalue weighted by atomic mass is 32.1. The number of nitrogens with one attached hydrogen (secondary N) is 1. The number of carbonyl (C=O) groups excluding carboxylic acids is 1. The van der Waals surface area contributed by atoms with Crippen LogP contribution in [0.2, 0.25) is 0 Å². The van der Waals surface area contributed by atoms with Crippen LogP contribution in [0.1, 0.15) is 54.8 Å². The van der Waals surface area contributed by atoms with Gasteiger partial charge in [0.05, 0.1) is 10.4 Å². The van der Waals surface area contributed by atoms with Crippen molar-refractivity contribution in [3.8, 4) is 0 Å². The number of nitrogens with two attached hydrogens (primary N) is 1. The fourth-order valence-corrected chi connectivity index (χ4v) is 3.94. The standard InChI is InChI=1S/C15H24N2OS/c1-3-12-7-9-19-13(12)14(18)17-15(10-16)8-5-4-6-11(15)2/h7,9,11H,3-6,8,10,16H2,1-2H3,(H,17,18). The van der Waals surface area contributed by atoms with Crippen molar-refractivity contribution >= 4 is 17.2 Å². The Labute approximate surface area is 119 Å². The van der Waals surface area contributed by atoms with Crippen molar-refractivity contribution in [3.05, 3.63) is 21.9 Å². The van der Waals surface area contributed by atoms with E-state index < -0.39 is 0 Å². The number of thiophene rings is 1. The Bertz CT molecular complexity index is 443. The summed E-state index contributed by atoms with van der Waals surface area (Å²) in [6.45, 7) is 4.83. The molecule has 1 amide bonds. The topological polar surface area (TPSA) is 55.1 Å². The Kier molecular flexibility index (Phi) is 4.63. The van der Waals surface area contributed by atoms with Gasteiger partial charge in [0, 0.05) is 6.54 Å². The number of aryl methyl sites for hydroxylation is 1. The van der Waals surface area contributed by atoms with Gasteiger partial charge in [0.25, 0.3) is 5.91 Å². The molecule has 3 nitrogen and oxygen atoms in total. The maximum atomic E-state index is 12.5. The highest BCUT2D eigenvalue weighted by Gasteiger charge is 2.38. The molecule has 1 saturated carbocycles. The molecule has 2 rings (SSSR count). The molecule has 4 heteroatoms. The summed E-state index contributed by atoms with van der Waals surface area (Å²) in [6, 6.07) is 2.04. The van der Waals surface area contributed by atoms with Crippen LogP contribution < -0.4 is 11.1 Å². The summed E-state index contributed by atoms with van der Waals surface area (Å²) < 4.78 is 0. The summed E-state index contributed by atoms with van der Waals surface area (Å²) in [5, 5.41) is 5.25. The van der Waals surface area contributed by atoms with Gasteiger partial charge in [-0.2, -0.15) is 0 Å². The van der Waals surface area contributed by atoms with E-state index in [4.69, 9.17) is 5.73 Å². The molecule has 0 radical (unpaired) electrons. The number of hydrogen-bond donors (Lipinski definition) is 2. The molecule has 0 saturated heterocycles. The zero-order chi connectivity index (χ0) is 13.9. The van der Waals surface area contributed by atoms with E-state index >= 15 is 0 Å². The van der Waals surface area contributed by atoms with Crippen LogP contribution in [0.4, 0.5) is 0 Å². The van der Waals surface area contributed by atoms with Gasteiger partial charge >= 0.3 is 0 Å². The van der Waals surface area contributed by atoms with Gasteiger partial charge in [0.15, 0.2) is 0 Å². The van der Waals surface area contributed by atoms with Gasteiger partial charge in [0.2, 0.25) is 0 Å². The summed E-state index contributed by atoms with van der Waals surface area (Å²) >= 11 is 1.53. The van der Waals surface area contributed by atoms with Crippen LogP contribution in [-0.2, 0) is 6.42 Å². The molecule has 19 heavy (non-hydrogen) atoms. The lowest BCUT2D eigenvalue weighted by atomic mass is 9.73. The summed E-state index contributed by atoms with van der Waals surface area (Å²) in [4.78, 5) is 13.4. The van der Waals surface area contributed by atoms with Gasteiger partial charge in [-0.15, -0.1) is 11.3 Å². The Morgan fingerprint density at radius 2 is 2.37 bits per heavy atom. The van der Waals surface area contributed by atoms with Gasteiger partial charge in [-0.25, -0.2) is 0 Å². The minimum atomic E-state index is -0.204. The molecule has 1 aromatic rings. The fourth-order valence-electron chi connectivity index (χ4n) is 3.05. The minimum Gasteiger partial charge on any atom is -0.344 e. The second kappa shape index (κ2) is 6.06. The van der Waals surface area contributed by atoms with Gasteiger partial charge in [0.1, 0.15) is 0 Å². The van der Waals surface area contributed by atoms with Crippen LogP contribution in [0, 0.1) is 5.92 Å². The monoisotopic (exact) mass is 280 g/mol. The van der Waals surface area contributed by atoms with E-state index in [1.54, 1.807) is 0 Å². The van der Waals surface area contributed by atoms with E-state index in [1.807, 2.05) is 11.4 Å². The third kappa shape index (κ3) is 2.84. The van der Waals surface area contributed by atoms with Gasteiger partial charge in [-0.1, -0.05) is 26.7 Å². The Morgan fingerprint density at radius 1 is 1.58 bits per heavy atom. The minimum absolute atomic E-state index is 0.0612. The van der Waals surface area contributed by atoms with E-state index in [-0.39, 0.29) is 11.4 Å². The normalized spacial score (nSPS) is 27.2. The smallest absolute Gasteiger partial charge is 0.262 e. The SMILES string of the molecule is CCc1ccsc1C(=O)NC1(CN)CCCCC1C. The van der Waals surface area contributed by atoms with Crippen LogP contribution in [0.5, 0.6) is 0 Å². The lowest BCUT2D eigenvalue weighted by molar-refractivity contribution is 0.0816. The highest BCUT2D eigenvalue weighted by molar-refractivity contribution is 7.12. The quantitative estimate of drug-likeness (QED) is 0.891. The lowest BCUT2D eigenvalue weighted by Gasteiger charge is -2.42. The van der Waals surface area contributed by atoms with Crippen LogP contribution in [0.15, 0.2) is 11.4 Å². The van der Waals surface area contributed by atoms with Crippen molar-refractivity contribution in [2.45, 2.75) is 51.5 Å². The van der Waals surface area contributed by atoms with Crippen molar-refractivity contribution in [2.24, 2.45) is 11.7 Å². The second-order valence-corrected chi connectivity index (χ2v) is 6.51. The highest BCUT2D eigenvalue weighted by Crippen LogP contribution is 2.33. The van der Waals surface area contributed by atoms with Crippen molar-refractivity contribution in [1.82, 2.24) is 5.32 Å². The summed E-state index contributed by atoms with van der Waals surface area (Å²) in [6.07, 6.45) is 5.47. The molecule has 0 spiro atoms. The first-order valence-electron chi connectivity index (χ1n) is 7.22. The average molecular weight is 280 g/mol. The predicted octanol–water partition coefficient (Wildman–Crippen LogP) is 2.95. The third-order valence-electron chi connectivity index (χ3n) is 4.51. The average Bonchev–Trinajstić information content (AvgIpc) is 2.90. The van der Waals surface area contributed by atoms with Crippen molar-refractivity contribution in [1.29, 1.82) is 0 Å².